The molecule has 1 amide bonds. The fourth-order valence-electron chi connectivity index (χ4n) is 3.98. The zero-order valence-corrected chi connectivity index (χ0v) is 21.6. The number of primary amides is 1. The Morgan fingerprint density at radius 3 is 2.33 bits per heavy atom. The summed E-state index contributed by atoms with van der Waals surface area (Å²) >= 11 is -2.57. The van der Waals surface area contributed by atoms with Crippen LogP contribution in [0.4, 0.5) is 23.0 Å². The van der Waals surface area contributed by atoms with Gasteiger partial charge in [-0.05, 0) is 30.3 Å². The van der Waals surface area contributed by atoms with Crippen molar-refractivity contribution in [2.24, 2.45) is 5.73 Å². The van der Waals surface area contributed by atoms with Gasteiger partial charge in [0.15, 0.2) is 11.6 Å². The summed E-state index contributed by atoms with van der Waals surface area (Å²) in [6.45, 7) is 0. The average Bonchev–Trinajstić information content (AvgIpc) is 3.44. The molecule has 0 saturated carbocycles. The van der Waals surface area contributed by atoms with E-state index in [2.05, 4.69) is 15.3 Å². The SMILES string of the molecule is COc1cc(Nc2nc3ccccc3nc2N(c2cccc(-n3ccnc3C(N)=O)c2)S(=O)O)cc(OC)c1. The normalized spacial score (nSPS) is 11.7. The molecule has 0 spiro atoms. The number of amides is 1. The van der Waals surface area contributed by atoms with Gasteiger partial charge in [-0.25, -0.2) is 23.5 Å². The third-order valence-corrected chi connectivity index (χ3v) is 6.41. The van der Waals surface area contributed by atoms with E-state index in [0.717, 1.165) is 4.31 Å². The third kappa shape index (κ3) is 5.21. The molecule has 2 aromatic heterocycles. The van der Waals surface area contributed by atoms with Gasteiger partial charge in [0.05, 0.1) is 30.9 Å². The number of hydrogen-bond donors (Lipinski definition) is 3. The van der Waals surface area contributed by atoms with E-state index in [4.69, 9.17) is 20.2 Å². The third-order valence-electron chi connectivity index (χ3n) is 5.72. The first kappa shape index (κ1) is 25.6. The number of rotatable bonds is 9. The van der Waals surface area contributed by atoms with Crippen molar-refractivity contribution in [3.63, 3.8) is 0 Å². The van der Waals surface area contributed by atoms with Crippen LogP contribution >= 0.6 is 0 Å². The van der Waals surface area contributed by atoms with Crippen LogP contribution < -0.4 is 24.8 Å². The highest BCUT2D eigenvalue weighted by molar-refractivity contribution is 7.81. The molecule has 1 unspecified atom stereocenters. The molecule has 0 aliphatic heterocycles. The number of aromatic nitrogens is 4. The number of nitrogens with zero attached hydrogens (tertiary/aromatic N) is 5. The van der Waals surface area contributed by atoms with E-state index in [9.17, 15) is 13.6 Å². The number of carbonyl (C=O) groups excluding carboxylic acids is 1. The van der Waals surface area contributed by atoms with Gasteiger partial charge in [0.25, 0.3) is 17.2 Å². The van der Waals surface area contributed by atoms with Crippen molar-refractivity contribution < 1.29 is 23.0 Å². The van der Waals surface area contributed by atoms with Gasteiger partial charge in [-0.3, -0.25) is 13.9 Å². The van der Waals surface area contributed by atoms with Crippen molar-refractivity contribution in [3.8, 4) is 17.2 Å². The first-order valence-electron chi connectivity index (χ1n) is 11.5. The summed E-state index contributed by atoms with van der Waals surface area (Å²) in [5.41, 5.74) is 7.89. The molecule has 0 saturated heterocycles. The first-order valence-corrected chi connectivity index (χ1v) is 12.6. The number of methoxy groups -OCH3 is 2. The second-order valence-electron chi connectivity index (χ2n) is 8.14. The number of ether oxygens (including phenoxy) is 2. The van der Waals surface area contributed by atoms with Gasteiger partial charge in [-0.2, -0.15) is 0 Å². The molecule has 0 aliphatic carbocycles. The number of hydrogen-bond acceptors (Lipinski definition) is 8. The van der Waals surface area contributed by atoms with Gasteiger partial charge in [0, 0.05) is 42.0 Å². The summed E-state index contributed by atoms with van der Waals surface area (Å²) in [4.78, 5) is 25.2. The minimum Gasteiger partial charge on any atom is -0.497 e. The van der Waals surface area contributed by atoms with Crippen LogP contribution in [-0.4, -0.2) is 48.4 Å². The van der Waals surface area contributed by atoms with Crippen molar-refractivity contribution in [1.29, 1.82) is 0 Å². The monoisotopic (exact) mass is 545 g/mol. The fourth-order valence-corrected chi connectivity index (χ4v) is 4.55. The highest BCUT2D eigenvalue weighted by Crippen LogP contribution is 2.36. The second kappa shape index (κ2) is 10.8. The summed E-state index contributed by atoms with van der Waals surface area (Å²) in [7, 11) is 3.07. The summed E-state index contributed by atoms with van der Waals surface area (Å²) in [5.74, 6) is 0.657. The lowest BCUT2D eigenvalue weighted by Crippen LogP contribution is -2.22. The molecule has 3 aromatic carbocycles. The van der Waals surface area contributed by atoms with E-state index in [1.807, 2.05) is 6.07 Å². The minimum atomic E-state index is -2.57. The number of carbonyl (C=O) groups is 1. The molecule has 2 heterocycles. The molecule has 13 heteroatoms. The molecule has 5 rings (SSSR count). The molecule has 1 atom stereocenters. The van der Waals surface area contributed by atoms with E-state index < -0.39 is 17.2 Å². The number of anilines is 4. The summed E-state index contributed by atoms with van der Waals surface area (Å²) in [5, 5.41) is 3.19. The summed E-state index contributed by atoms with van der Waals surface area (Å²) in [6.07, 6.45) is 3.01. The van der Waals surface area contributed by atoms with E-state index in [0.29, 0.717) is 39.6 Å². The number of benzene rings is 3. The van der Waals surface area contributed by atoms with Crippen LogP contribution in [-0.2, 0) is 11.3 Å². The van der Waals surface area contributed by atoms with Gasteiger partial charge >= 0.3 is 0 Å². The van der Waals surface area contributed by atoms with Crippen molar-refractivity contribution in [3.05, 3.63) is 84.9 Å². The smallest absolute Gasteiger partial charge is 0.285 e. The van der Waals surface area contributed by atoms with Crippen LogP contribution in [0.1, 0.15) is 10.6 Å². The number of nitrogens with one attached hydrogen (secondary N) is 1. The van der Waals surface area contributed by atoms with Gasteiger partial charge in [0.1, 0.15) is 11.5 Å². The van der Waals surface area contributed by atoms with E-state index in [1.165, 1.54) is 25.0 Å². The van der Waals surface area contributed by atoms with E-state index in [-0.39, 0.29) is 17.5 Å². The van der Waals surface area contributed by atoms with Gasteiger partial charge in [-0.15, -0.1) is 0 Å². The second-order valence-corrected chi connectivity index (χ2v) is 8.97. The van der Waals surface area contributed by atoms with Crippen LogP contribution in [0.5, 0.6) is 11.5 Å². The van der Waals surface area contributed by atoms with Gasteiger partial charge < -0.3 is 20.5 Å². The molecule has 5 aromatic rings. The van der Waals surface area contributed by atoms with Crippen LogP contribution in [0.3, 0.4) is 0 Å². The summed E-state index contributed by atoms with van der Waals surface area (Å²) in [6, 6.07) is 19.0. The molecular formula is C26H23N7O5S. The topological polar surface area (TPSA) is 158 Å². The van der Waals surface area contributed by atoms with Crippen LogP contribution in [0.25, 0.3) is 16.7 Å². The highest BCUT2D eigenvalue weighted by Gasteiger charge is 2.24. The molecule has 198 valence electrons. The minimum absolute atomic E-state index is 0.0173. The van der Waals surface area contributed by atoms with Crippen molar-refractivity contribution in [2.45, 2.75) is 0 Å². The van der Waals surface area contributed by atoms with Crippen molar-refractivity contribution in [1.82, 2.24) is 19.5 Å². The quantitative estimate of drug-likeness (QED) is 0.233. The largest absolute Gasteiger partial charge is 0.497 e. The number of para-hydroxylation sites is 2. The first-order chi connectivity index (χ1) is 18.9. The molecule has 4 N–H and O–H groups in total. The Bertz CT molecular complexity index is 1690. The lowest BCUT2D eigenvalue weighted by molar-refractivity contribution is 0.0989. The molecule has 0 aliphatic rings. The lowest BCUT2D eigenvalue weighted by atomic mass is 10.2. The standard InChI is InChI=1S/C26H23N7O5S/c1-37-19-12-16(13-20(15-19)38-2)29-24-26(31-22-9-4-3-8-21(22)30-24)33(39(35)36)18-7-5-6-17(14-18)32-11-10-28-25(32)23(27)34/h3-15H,1-2H3,(H2,27,34)(H,29,30)(H,35,36). The van der Waals surface area contributed by atoms with Crippen molar-refractivity contribution >= 4 is 51.2 Å². The molecular weight excluding hydrogens is 522 g/mol. The van der Waals surface area contributed by atoms with Gasteiger partial charge in [-0.1, -0.05) is 18.2 Å². The molecule has 0 fully saturated rings. The Morgan fingerprint density at radius 1 is 1.00 bits per heavy atom. The molecule has 12 nitrogen and oxygen atoms in total. The molecule has 0 bridgehead atoms. The number of imidazole rings is 1. The number of fused-ring (bicyclic) bond motifs is 1. The zero-order valence-electron chi connectivity index (χ0n) is 20.8. The van der Waals surface area contributed by atoms with Gasteiger partial charge in [0.2, 0.25) is 5.82 Å². The van der Waals surface area contributed by atoms with Crippen molar-refractivity contribution in [2.75, 3.05) is 23.8 Å². The van der Waals surface area contributed by atoms with E-state index in [1.54, 1.807) is 66.9 Å². The average molecular weight is 546 g/mol. The number of nitrogens with two attached hydrogens (primary N) is 1. The Morgan fingerprint density at radius 2 is 1.69 bits per heavy atom. The maximum atomic E-state index is 12.8. The predicted octanol–water partition coefficient (Wildman–Crippen LogP) is 3.95. The van der Waals surface area contributed by atoms with Crippen LogP contribution in [0.2, 0.25) is 0 Å². The Kier molecular flexibility index (Phi) is 7.08. The van der Waals surface area contributed by atoms with Crippen LogP contribution in [0, 0.1) is 0 Å². The van der Waals surface area contributed by atoms with Crippen LogP contribution in [0.15, 0.2) is 79.1 Å². The predicted molar refractivity (Wildman–Crippen MR) is 147 cm³/mol. The fraction of sp³-hybridized carbons (Fsp3) is 0.0769. The molecule has 39 heavy (non-hydrogen) atoms. The highest BCUT2D eigenvalue weighted by atomic mass is 32.2. The summed E-state index contributed by atoms with van der Waals surface area (Å²) < 4.78 is 36.6. The van der Waals surface area contributed by atoms with E-state index >= 15 is 0 Å². The Balaban J connectivity index is 1.66. The zero-order chi connectivity index (χ0) is 27.5. The Labute approximate surface area is 225 Å². The Hall–Kier alpha value is -5.01. The molecule has 0 radical (unpaired) electrons. The maximum Gasteiger partial charge on any atom is 0.285 e. The lowest BCUT2D eigenvalue weighted by Gasteiger charge is -2.23. The maximum absolute atomic E-state index is 12.8.